The van der Waals surface area contributed by atoms with Crippen molar-refractivity contribution in [3.63, 3.8) is 0 Å². The van der Waals surface area contributed by atoms with Crippen molar-refractivity contribution in [3.05, 3.63) is 35.4 Å². The van der Waals surface area contributed by atoms with E-state index in [0.29, 0.717) is 37.2 Å². The average Bonchev–Trinajstić information content (AvgIpc) is 2.51. The number of carbonyl (C=O) groups excluding carboxylic acids is 2. The predicted molar refractivity (Wildman–Crippen MR) is 82.5 cm³/mol. The molecule has 0 radical (unpaired) electrons. The Kier molecular flexibility index (Phi) is 5.82. The van der Waals surface area contributed by atoms with Crippen LogP contribution in [0.4, 0.5) is 13.2 Å². The van der Waals surface area contributed by atoms with Crippen molar-refractivity contribution in [3.8, 4) is 0 Å². The number of carbonyl (C=O) groups is 2. The first kappa shape index (κ1) is 18.3. The second-order valence-electron chi connectivity index (χ2n) is 6.01. The summed E-state index contributed by atoms with van der Waals surface area (Å²) in [5, 5.41) is 2.74. The maximum Gasteiger partial charge on any atom is 0.401 e. The molecule has 0 bridgehead atoms. The molecule has 2 rings (SSSR count). The molecule has 0 unspecified atom stereocenters. The summed E-state index contributed by atoms with van der Waals surface area (Å²) in [6.45, 7) is 0.162. The van der Waals surface area contributed by atoms with Crippen LogP contribution in [0.25, 0.3) is 0 Å². The minimum Gasteiger partial charge on any atom is -0.366 e. The van der Waals surface area contributed by atoms with E-state index in [1.807, 2.05) is 0 Å². The molecule has 8 heteroatoms. The lowest BCUT2D eigenvalue weighted by Crippen LogP contribution is -2.44. The molecule has 0 saturated carbocycles. The molecule has 2 amide bonds. The molecule has 5 nitrogen and oxygen atoms in total. The monoisotopic (exact) mass is 343 g/mol. The van der Waals surface area contributed by atoms with Crippen LogP contribution in [-0.4, -0.2) is 49.1 Å². The van der Waals surface area contributed by atoms with Crippen LogP contribution in [-0.2, 0) is 0 Å². The number of alkyl halides is 3. The van der Waals surface area contributed by atoms with E-state index in [9.17, 15) is 22.8 Å². The number of nitrogens with zero attached hydrogens (tertiary/aromatic N) is 1. The van der Waals surface area contributed by atoms with Crippen molar-refractivity contribution in [2.24, 2.45) is 11.7 Å². The summed E-state index contributed by atoms with van der Waals surface area (Å²) in [4.78, 5) is 24.4. The fraction of sp³-hybridized carbons (Fsp3) is 0.500. The van der Waals surface area contributed by atoms with Crippen LogP contribution in [0, 0.1) is 5.92 Å². The number of hydrogen-bond donors (Lipinski definition) is 2. The molecule has 1 aliphatic rings. The number of halogens is 3. The van der Waals surface area contributed by atoms with Gasteiger partial charge in [0.25, 0.3) is 5.91 Å². The Morgan fingerprint density at radius 2 is 1.83 bits per heavy atom. The van der Waals surface area contributed by atoms with Crippen molar-refractivity contribution in [2.45, 2.75) is 19.0 Å². The lowest BCUT2D eigenvalue weighted by molar-refractivity contribution is -0.149. The zero-order valence-electron chi connectivity index (χ0n) is 13.1. The molecule has 1 atom stereocenters. The molecule has 0 spiro atoms. The minimum atomic E-state index is -4.20. The molecule has 1 fully saturated rings. The molecular formula is C16H20F3N3O2. The van der Waals surface area contributed by atoms with Gasteiger partial charge in [-0.05, 0) is 49.6 Å². The van der Waals surface area contributed by atoms with Gasteiger partial charge in [-0.1, -0.05) is 0 Å². The first-order chi connectivity index (χ1) is 11.2. The number of nitrogens with one attached hydrogen (secondary N) is 1. The Labute approximate surface area is 138 Å². The summed E-state index contributed by atoms with van der Waals surface area (Å²) in [5.74, 6) is -0.900. The van der Waals surface area contributed by atoms with Gasteiger partial charge in [-0.25, -0.2) is 0 Å². The summed E-state index contributed by atoms with van der Waals surface area (Å²) in [7, 11) is 0. The van der Waals surface area contributed by atoms with Crippen molar-refractivity contribution in [2.75, 3.05) is 26.2 Å². The Bertz CT molecular complexity index is 587. The van der Waals surface area contributed by atoms with Gasteiger partial charge in [-0.2, -0.15) is 13.2 Å². The van der Waals surface area contributed by atoms with Gasteiger partial charge in [0.15, 0.2) is 0 Å². The standard InChI is InChI=1S/C16H20F3N3O2/c17-16(18,19)10-22-7-1-2-11(9-22)8-21-15(24)13-5-3-12(4-6-13)14(20)23/h3-6,11H,1-2,7-10H2,(H2,20,23)(H,21,24)/t11-/m0/s1. The van der Waals surface area contributed by atoms with Gasteiger partial charge in [0.05, 0.1) is 6.54 Å². The van der Waals surface area contributed by atoms with E-state index in [1.54, 1.807) is 0 Å². The number of amides is 2. The zero-order chi connectivity index (χ0) is 17.7. The van der Waals surface area contributed by atoms with Crippen LogP contribution < -0.4 is 11.1 Å². The summed E-state index contributed by atoms with van der Waals surface area (Å²) in [6.07, 6.45) is -2.73. The van der Waals surface area contributed by atoms with Crippen LogP contribution in [0.15, 0.2) is 24.3 Å². The molecule has 1 aromatic rings. The van der Waals surface area contributed by atoms with Crippen molar-refractivity contribution in [1.82, 2.24) is 10.2 Å². The molecule has 132 valence electrons. The molecule has 1 saturated heterocycles. The Hall–Kier alpha value is -2.09. The average molecular weight is 343 g/mol. The predicted octanol–water partition coefficient (Wildman–Crippen LogP) is 1.79. The Morgan fingerprint density at radius 3 is 2.42 bits per heavy atom. The Balaban J connectivity index is 1.83. The fourth-order valence-corrected chi connectivity index (χ4v) is 2.84. The highest BCUT2D eigenvalue weighted by atomic mass is 19.4. The van der Waals surface area contributed by atoms with Crippen LogP contribution in [0.1, 0.15) is 33.6 Å². The summed E-state index contributed by atoms with van der Waals surface area (Å²) < 4.78 is 37.3. The number of primary amides is 1. The molecule has 3 N–H and O–H groups in total. The summed E-state index contributed by atoms with van der Waals surface area (Å²) >= 11 is 0. The molecule has 0 aliphatic carbocycles. The van der Waals surface area contributed by atoms with Crippen LogP contribution in [0.5, 0.6) is 0 Å². The first-order valence-corrected chi connectivity index (χ1v) is 7.72. The smallest absolute Gasteiger partial charge is 0.366 e. The quantitative estimate of drug-likeness (QED) is 0.856. The largest absolute Gasteiger partial charge is 0.401 e. The number of benzene rings is 1. The molecular weight excluding hydrogens is 323 g/mol. The van der Waals surface area contributed by atoms with E-state index < -0.39 is 18.6 Å². The number of nitrogens with two attached hydrogens (primary N) is 1. The van der Waals surface area contributed by atoms with E-state index in [0.717, 1.165) is 6.42 Å². The minimum absolute atomic E-state index is 0.00468. The normalized spacial score (nSPS) is 19.0. The van der Waals surface area contributed by atoms with Crippen molar-refractivity contribution in [1.29, 1.82) is 0 Å². The van der Waals surface area contributed by atoms with E-state index in [1.165, 1.54) is 29.2 Å². The molecule has 1 aromatic carbocycles. The summed E-state index contributed by atoms with van der Waals surface area (Å²) in [5.41, 5.74) is 5.81. The molecule has 0 aromatic heterocycles. The zero-order valence-corrected chi connectivity index (χ0v) is 13.1. The van der Waals surface area contributed by atoms with Crippen molar-refractivity contribution >= 4 is 11.8 Å². The molecule has 1 aliphatic heterocycles. The van der Waals surface area contributed by atoms with Gasteiger partial charge in [-0.3, -0.25) is 14.5 Å². The third kappa shape index (κ3) is 5.52. The van der Waals surface area contributed by atoms with Gasteiger partial charge < -0.3 is 11.1 Å². The van der Waals surface area contributed by atoms with Crippen LogP contribution >= 0.6 is 0 Å². The van der Waals surface area contributed by atoms with Crippen LogP contribution in [0.3, 0.4) is 0 Å². The topological polar surface area (TPSA) is 75.4 Å². The number of piperidine rings is 1. The number of likely N-dealkylation sites (tertiary alicyclic amines) is 1. The Morgan fingerprint density at radius 1 is 1.21 bits per heavy atom. The fourth-order valence-electron chi connectivity index (χ4n) is 2.84. The van der Waals surface area contributed by atoms with E-state index in [4.69, 9.17) is 5.73 Å². The third-order valence-electron chi connectivity index (χ3n) is 3.99. The first-order valence-electron chi connectivity index (χ1n) is 7.72. The van der Waals surface area contributed by atoms with E-state index >= 15 is 0 Å². The second-order valence-corrected chi connectivity index (χ2v) is 6.01. The van der Waals surface area contributed by atoms with Gasteiger partial charge in [0.2, 0.25) is 5.91 Å². The van der Waals surface area contributed by atoms with E-state index in [2.05, 4.69) is 5.32 Å². The highest BCUT2D eigenvalue weighted by Crippen LogP contribution is 2.22. The number of hydrogen-bond acceptors (Lipinski definition) is 3. The third-order valence-corrected chi connectivity index (χ3v) is 3.99. The van der Waals surface area contributed by atoms with Crippen molar-refractivity contribution < 1.29 is 22.8 Å². The SMILES string of the molecule is NC(=O)c1ccc(C(=O)NC[C@@H]2CCCN(CC(F)(F)F)C2)cc1. The lowest BCUT2D eigenvalue weighted by Gasteiger charge is -2.33. The second kappa shape index (κ2) is 7.65. The highest BCUT2D eigenvalue weighted by Gasteiger charge is 2.33. The van der Waals surface area contributed by atoms with Crippen LogP contribution in [0.2, 0.25) is 0 Å². The van der Waals surface area contributed by atoms with Gasteiger partial charge in [0.1, 0.15) is 0 Å². The maximum absolute atomic E-state index is 12.4. The van der Waals surface area contributed by atoms with E-state index in [-0.39, 0.29) is 11.8 Å². The summed E-state index contributed by atoms with van der Waals surface area (Å²) in [6, 6.07) is 5.91. The highest BCUT2D eigenvalue weighted by molar-refractivity contribution is 5.97. The van der Waals surface area contributed by atoms with Gasteiger partial charge in [0, 0.05) is 24.2 Å². The van der Waals surface area contributed by atoms with Gasteiger partial charge >= 0.3 is 6.18 Å². The van der Waals surface area contributed by atoms with Gasteiger partial charge in [-0.15, -0.1) is 0 Å². The molecule has 24 heavy (non-hydrogen) atoms. The maximum atomic E-state index is 12.4. The molecule has 1 heterocycles. The lowest BCUT2D eigenvalue weighted by atomic mass is 9.98. The number of rotatable bonds is 5.